The Balaban J connectivity index is 2.49. The number of benzene rings is 2. The number of methoxy groups -OCH3 is 5. The lowest BCUT2D eigenvalue weighted by Crippen LogP contribution is -2.04. The summed E-state index contributed by atoms with van der Waals surface area (Å²) in [6, 6.07) is 6.55. The molecule has 0 bridgehead atoms. The maximum Gasteiger partial charge on any atom is 0.193 e. The van der Waals surface area contributed by atoms with Crippen molar-refractivity contribution in [3.05, 3.63) is 41.5 Å². The molecule has 7 nitrogen and oxygen atoms in total. The molecule has 0 aliphatic rings. The van der Waals surface area contributed by atoms with Gasteiger partial charge in [0.1, 0.15) is 34.3 Å². The number of ether oxygens (including phenoxy) is 5. The highest BCUT2D eigenvalue weighted by molar-refractivity contribution is 6.11. The van der Waals surface area contributed by atoms with Crippen LogP contribution in [0.2, 0.25) is 0 Å². The van der Waals surface area contributed by atoms with Crippen molar-refractivity contribution < 1.29 is 28.5 Å². The van der Waals surface area contributed by atoms with E-state index in [2.05, 4.69) is 0 Å². The lowest BCUT2D eigenvalue weighted by molar-refractivity contribution is 0.104. The molecule has 2 N–H and O–H groups in total. The summed E-state index contributed by atoms with van der Waals surface area (Å²) >= 11 is 0. The number of anilines is 1. The van der Waals surface area contributed by atoms with Crippen LogP contribution in [0.3, 0.4) is 0 Å². The number of carbonyl (C=O) groups is 1. The van der Waals surface area contributed by atoms with Crippen LogP contribution in [-0.2, 0) is 0 Å². The Bertz CT molecular complexity index is 810. The molecule has 0 saturated heterocycles. The Hall–Kier alpha value is -3.35. The van der Waals surface area contributed by atoms with Gasteiger partial charge in [0, 0.05) is 30.0 Å². The van der Waals surface area contributed by atoms with Crippen LogP contribution in [0.25, 0.3) is 6.08 Å². The van der Waals surface area contributed by atoms with E-state index >= 15 is 0 Å². The first-order chi connectivity index (χ1) is 13.0. The number of allylic oxidation sites excluding steroid dienone is 1. The molecular formula is C20H23NO6. The largest absolute Gasteiger partial charge is 0.496 e. The molecular weight excluding hydrogens is 350 g/mol. The summed E-state index contributed by atoms with van der Waals surface area (Å²) in [7, 11) is 7.53. The highest BCUT2D eigenvalue weighted by atomic mass is 16.5. The molecule has 0 aromatic heterocycles. The molecule has 144 valence electrons. The van der Waals surface area contributed by atoms with E-state index in [4.69, 9.17) is 29.4 Å². The first-order valence-corrected chi connectivity index (χ1v) is 8.02. The molecule has 0 fully saturated rings. The first kappa shape index (κ1) is 20.0. The summed E-state index contributed by atoms with van der Waals surface area (Å²) in [5.74, 6) is 1.93. The van der Waals surface area contributed by atoms with Crippen molar-refractivity contribution in [2.24, 2.45) is 0 Å². The second-order valence-corrected chi connectivity index (χ2v) is 5.44. The highest BCUT2D eigenvalue weighted by Crippen LogP contribution is 2.36. The number of hydrogen-bond acceptors (Lipinski definition) is 7. The maximum absolute atomic E-state index is 12.8. The minimum atomic E-state index is -0.316. The van der Waals surface area contributed by atoms with Crippen molar-refractivity contribution in [1.29, 1.82) is 0 Å². The summed E-state index contributed by atoms with van der Waals surface area (Å²) in [6.07, 6.45) is 3.00. The highest BCUT2D eigenvalue weighted by Gasteiger charge is 2.18. The van der Waals surface area contributed by atoms with Gasteiger partial charge < -0.3 is 29.4 Å². The predicted molar refractivity (Wildman–Crippen MR) is 103 cm³/mol. The third-order valence-electron chi connectivity index (χ3n) is 3.93. The van der Waals surface area contributed by atoms with Crippen molar-refractivity contribution >= 4 is 17.5 Å². The van der Waals surface area contributed by atoms with Crippen LogP contribution >= 0.6 is 0 Å². The number of carbonyl (C=O) groups excluding carboxylic acids is 1. The van der Waals surface area contributed by atoms with E-state index in [0.29, 0.717) is 40.0 Å². The van der Waals surface area contributed by atoms with Gasteiger partial charge in [0.05, 0.1) is 41.1 Å². The zero-order valence-corrected chi connectivity index (χ0v) is 16.0. The van der Waals surface area contributed by atoms with Crippen molar-refractivity contribution in [3.63, 3.8) is 0 Å². The fourth-order valence-electron chi connectivity index (χ4n) is 2.61. The Morgan fingerprint density at radius 2 is 1.26 bits per heavy atom. The molecule has 0 saturated carbocycles. The van der Waals surface area contributed by atoms with Crippen LogP contribution in [-0.4, -0.2) is 41.3 Å². The van der Waals surface area contributed by atoms with E-state index in [-0.39, 0.29) is 11.3 Å². The molecule has 0 atom stereocenters. The van der Waals surface area contributed by atoms with Crippen molar-refractivity contribution in [2.75, 3.05) is 41.3 Å². The van der Waals surface area contributed by atoms with E-state index < -0.39 is 0 Å². The third-order valence-corrected chi connectivity index (χ3v) is 3.93. The molecule has 2 aromatic carbocycles. The smallest absolute Gasteiger partial charge is 0.193 e. The molecule has 2 aromatic rings. The Morgan fingerprint density at radius 3 is 1.67 bits per heavy atom. The van der Waals surface area contributed by atoms with Gasteiger partial charge in [-0.1, -0.05) is 0 Å². The summed E-state index contributed by atoms with van der Waals surface area (Å²) < 4.78 is 26.6. The molecule has 0 aliphatic heterocycles. The quantitative estimate of drug-likeness (QED) is 0.432. The minimum absolute atomic E-state index is 0.275. The molecule has 0 amide bonds. The van der Waals surface area contributed by atoms with Crippen LogP contribution in [0, 0.1) is 0 Å². The summed E-state index contributed by atoms with van der Waals surface area (Å²) in [5, 5.41) is 0. The van der Waals surface area contributed by atoms with Crippen LogP contribution in [0.1, 0.15) is 15.9 Å². The number of nitrogen functional groups attached to an aromatic ring is 1. The molecule has 0 heterocycles. The van der Waals surface area contributed by atoms with Crippen LogP contribution in [0.15, 0.2) is 30.3 Å². The topological polar surface area (TPSA) is 89.2 Å². The molecule has 27 heavy (non-hydrogen) atoms. The molecule has 2 rings (SSSR count). The third kappa shape index (κ3) is 4.25. The molecule has 0 unspecified atom stereocenters. The maximum atomic E-state index is 12.8. The Kier molecular flexibility index (Phi) is 6.54. The van der Waals surface area contributed by atoms with Gasteiger partial charge in [-0.2, -0.15) is 0 Å². The average Bonchev–Trinajstić information content (AvgIpc) is 2.70. The second-order valence-electron chi connectivity index (χ2n) is 5.44. The molecule has 0 spiro atoms. The lowest BCUT2D eigenvalue weighted by Gasteiger charge is -2.13. The summed E-state index contributed by atoms with van der Waals surface area (Å²) in [6.45, 7) is 0. The van der Waals surface area contributed by atoms with Gasteiger partial charge in [0.25, 0.3) is 0 Å². The first-order valence-electron chi connectivity index (χ1n) is 8.02. The average molecular weight is 373 g/mol. The van der Waals surface area contributed by atoms with Gasteiger partial charge in [-0.25, -0.2) is 0 Å². The van der Waals surface area contributed by atoms with Gasteiger partial charge in [0.15, 0.2) is 5.78 Å². The monoisotopic (exact) mass is 373 g/mol. The van der Waals surface area contributed by atoms with Crippen molar-refractivity contribution in [2.45, 2.75) is 0 Å². The number of rotatable bonds is 8. The lowest BCUT2D eigenvalue weighted by atomic mass is 10.0. The van der Waals surface area contributed by atoms with Gasteiger partial charge in [-0.05, 0) is 12.2 Å². The van der Waals surface area contributed by atoms with Crippen LogP contribution < -0.4 is 29.4 Å². The Labute approximate surface area is 158 Å². The van der Waals surface area contributed by atoms with Crippen molar-refractivity contribution in [1.82, 2.24) is 0 Å². The fourth-order valence-corrected chi connectivity index (χ4v) is 2.61. The van der Waals surface area contributed by atoms with E-state index in [1.165, 1.54) is 34.5 Å². The van der Waals surface area contributed by atoms with E-state index in [9.17, 15) is 4.79 Å². The number of hydrogen-bond donors (Lipinski definition) is 1. The molecule has 7 heteroatoms. The van der Waals surface area contributed by atoms with Crippen molar-refractivity contribution in [3.8, 4) is 28.7 Å². The minimum Gasteiger partial charge on any atom is -0.496 e. The zero-order chi connectivity index (χ0) is 20.0. The van der Waals surface area contributed by atoms with Crippen LogP contribution in [0.5, 0.6) is 28.7 Å². The molecule has 0 radical (unpaired) electrons. The SMILES string of the molecule is COc1cc(OC)c(C=CC(=O)c2c(OC)cc(N)cc2OC)c(OC)c1. The number of ketones is 1. The second kappa shape index (κ2) is 8.84. The van der Waals surface area contributed by atoms with E-state index in [1.54, 1.807) is 37.5 Å². The summed E-state index contributed by atoms with van der Waals surface area (Å²) in [4.78, 5) is 12.8. The van der Waals surface area contributed by atoms with Gasteiger partial charge in [-0.15, -0.1) is 0 Å². The molecule has 0 aliphatic carbocycles. The fraction of sp³-hybridized carbons (Fsp3) is 0.250. The predicted octanol–water partition coefficient (Wildman–Crippen LogP) is 3.21. The number of nitrogens with two attached hydrogens (primary N) is 1. The van der Waals surface area contributed by atoms with Gasteiger partial charge in [-0.3, -0.25) is 4.79 Å². The zero-order valence-electron chi connectivity index (χ0n) is 16.0. The van der Waals surface area contributed by atoms with Crippen LogP contribution in [0.4, 0.5) is 5.69 Å². The normalized spacial score (nSPS) is 10.6. The van der Waals surface area contributed by atoms with E-state index in [0.717, 1.165) is 0 Å². The van der Waals surface area contributed by atoms with E-state index in [1.807, 2.05) is 0 Å². The standard InChI is InChI=1S/C20H23NO6/c1-23-13-10-16(24-2)14(17(11-13)25-3)6-7-15(22)20-18(26-4)8-12(21)9-19(20)27-5/h6-11H,21H2,1-5H3. The van der Waals surface area contributed by atoms with Gasteiger partial charge in [0.2, 0.25) is 0 Å². The summed E-state index contributed by atoms with van der Waals surface area (Å²) in [5.41, 5.74) is 7.12. The Morgan fingerprint density at radius 1 is 0.778 bits per heavy atom. The van der Waals surface area contributed by atoms with Gasteiger partial charge >= 0.3 is 0 Å².